The van der Waals surface area contributed by atoms with E-state index in [1.807, 2.05) is 11.6 Å². The van der Waals surface area contributed by atoms with Crippen molar-refractivity contribution >= 4 is 17.8 Å². The van der Waals surface area contributed by atoms with Gasteiger partial charge in [-0.1, -0.05) is 19.3 Å². The SMILES string of the molecule is Cc1cc(C(=O)NCCN2C(=O)N(C)C(C)(C)C2=O)n(C2CCCCC2)n1. The Morgan fingerprint density at radius 3 is 2.52 bits per heavy atom. The van der Waals surface area contributed by atoms with Gasteiger partial charge in [0.2, 0.25) is 0 Å². The number of nitrogens with zero attached hydrogens (tertiary/aromatic N) is 4. The number of aromatic nitrogens is 2. The molecular weight excluding hydrogens is 346 g/mol. The summed E-state index contributed by atoms with van der Waals surface area (Å²) in [7, 11) is 1.62. The molecule has 0 bridgehead atoms. The average molecular weight is 375 g/mol. The number of likely N-dealkylation sites (N-methyl/N-ethyl adjacent to an activating group) is 1. The second-order valence-corrected chi connectivity index (χ2v) is 8.02. The van der Waals surface area contributed by atoms with Gasteiger partial charge in [-0.2, -0.15) is 5.10 Å². The lowest BCUT2D eigenvalue weighted by atomic mass is 9.95. The van der Waals surface area contributed by atoms with Gasteiger partial charge in [0.05, 0.1) is 11.7 Å². The van der Waals surface area contributed by atoms with E-state index in [0.29, 0.717) is 5.69 Å². The molecule has 1 aliphatic heterocycles. The summed E-state index contributed by atoms with van der Waals surface area (Å²) >= 11 is 0. The summed E-state index contributed by atoms with van der Waals surface area (Å²) in [6.45, 7) is 5.70. The van der Waals surface area contributed by atoms with Crippen LogP contribution in [0.2, 0.25) is 0 Å². The van der Waals surface area contributed by atoms with Crippen molar-refractivity contribution in [3.63, 3.8) is 0 Å². The predicted octanol–water partition coefficient (Wildman–Crippen LogP) is 2.10. The van der Waals surface area contributed by atoms with Crippen molar-refractivity contribution in [1.29, 1.82) is 0 Å². The molecule has 1 aromatic rings. The molecular formula is C19H29N5O3. The molecule has 8 heteroatoms. The van der Waals surface area contributed by atoms with E-state index in [2.05, 4.69) is 10.4 Å². The van der Waals surface area contributed by atoms with E-state index in [9.17, 15) is 14.4 Å². The maximum Gasteiger partial charge on any atom is 0.327 e. The second kappa shape index (κ2) is 7.32. The van der Waals surface area contributed by atoms with Gasteiger partial charge in [-0.05, 0) is 39.7 Å². The van der Waals surface area contributed by atoms with Crippen LogP contribution in [-0.2, 0) is 4.79 Å². The zero-order valence-electron chi connectivity index (χ0n) is 16.6. The number of carbonyl (C=O) groups excluding carboxylic acids is 3. The summed E-state index contributed by atoms with van der Waals surface area (Å²) in [5, 5.41) is 7.36. The Balaban J connectivity index is 1.62. The molecule has 1 saturated carbocycles. The molecule has 2 aliphatic rings. The molecule has 3 rings (SSSR count). The first kappa shape index (κ1) is 19.4. The molecule has 2 heterocycles. The zero-order valence-corrected chi connectivity index (χ0v) is 16.6. The van der Waals surface area contributed by atoms with Gasteiger partial charge in [0.15, 0.2) is 0 Å². The average Bonchev–Trinajstić information content (AvgIpc) is 3.11. The first-order valence-electron chi connectivity index (χ1n) is 9.67. The van der Waals surface area contributed by atoms with E-state index in [-0.39, 0.29) is 37.0 Å². The van der Waals surface area contributed by atoms with Crippen LogP contribution in [0.1, 0.15) is 68.2 Å². The van der Waals surface area contributed by atoms with Crippen LogP contribution in [0.3, 0.4) is 0 Å². The van der Waals surface area contributed by atoms with E-state index < -0.39 is 5.54 Å². The fourth-order valence-corrected chi connectivity index (χ4v) is 3.84. The lowest BCUT2D eigenvalue weighted by Crippen LogP contribution is -2.42. The van der Waals surface area contributed by atoms with E-state index in [1.54, 1.807) is 27.0 Å². The van der Waals surface area contributed by atoms with Gasteiger partial charge in [-0.3, -0.25) is 19.2 Å². The number of amides is 4. The van der Waals surface area contributed by atoms with Crippen molar-refractivity contribution in [2.24, 2.45) is 0 Å². The minimum atomic E-state index is -0.849. The quantitative estimate of drug-likeness (QED) is 0.799. The van der Waals surface area contributed by atoms with Gasteiger partial charge in [0, 0.05) is 20.1 Å². The largest absolute Gasteiger partial charge is 0.349 e. The van der Waals surface area contributed by atoms with Crippen molar-refractivity contribution in [2.75, 3.05) is 20.1 Å². The third-order valence-corrected chi connectivity index (χ3v) is 5.76. The second-order valence-electron chi connectivity index (χ2n) is 8.02. The fourth-order valence-electron chi connectivity index (χ4n) is 3.84. The molecule has 148 valence electrons. The summed E-state index contributed by atoms with van der Waals surface area (Å²) < 4.78 is 1.85. The first-order chi connectivity index (χ1) is 12.7. The number of carbonyl (C=O) groups is 3. The third-order valence-electron chi connectivity index (χ3n) is 5.76. The molecule has 27 heavy (non-hydrogen) atoms. The molecule has 0 aromatic carbocycles. The van der Waals surface area contributed by atoms with Gasteiger partial charge in [0.1, 0.15) is 11.2 Å². The normalized spacial score (nSPS) is 20.4. The third kappa shape index (κ3) is 3.57. The van der Waals surface area contributed by atoms with Crippen LogP contribution in [0.5, 0.6) is 0 Å². The van der Waals surface area contributed by atoms with Crippen LogP contribution >= 0.6 is 0 Å². The van der Waals surface area contributed by atoms with Crippen LogP contribution in [-0.4, -0.2) is 63.1 Å². The van der Waals surface area contributed by atoms with E-state index in [0.717, 1.165) is 31.4 Å². The molecule has 1 aromatic heterocycles. The number of rotatable bonds is 5. The molecule has 1 N–H and O–H groups in total. The number of nitrogens with one attached hydrogen (secondary N) is 1. The number of hydrogen-bond donors (Lipinski definition) is 1. The molecule has 1 aliphatic carbocycles. The van der Waals surface area contributed by atoms with Crippen molar-refractivity contribution in [3.05, 3.63) is 17.5 Å². The predicted molar refractivity (Wildman–Crippen MR) is 100 cm³/mol. The van der Waals surface area contributed by atoms with Gasteiger partial charge in [-0.15, -0.1) is 0 Å². The Kier molecular flexibility index (Phi) is 5.26. The molecule has 0 atom stereocenters. The summed E-state index contributed by atoms with van der Waals surface area (Å²) in [6.07, 6.45) is 5.64. The molecule has 8 nitrogen and oxygen atoms in total. The Morgan fingerprint density at radius 1 is 1.26 bits per heavy atom. The Hall–Kier alpha value is -2.38. The van der Waals surface area contributed by atoms with E-state index in [1.165, 1.54) is 16.2 Å². The van der Waals surface area contributed by atoms with E-state index >= 15 is 0 Å². The molecule has 0 unspecified atom stereocenters. The highest BCUT2D eigenvalue weighted by molar-refractivity contribution is 6.06. The first-order valence-corrected chi connectivity index (χ1v) is 9.67. The maximum absolute atomic E-state index is 12.7. The minimum absolute atomic E-state index is 0.160. The van der Waals surface area contributed by atoms with Crippen molar-refractivity contribution < 1.29 is 14.4 Å². The van der Waals surface area contributed by atoms with Crippen LogP contribution in [0.15, 0.2) is 6.07 Å². The van der Waals surface area contributed by atoms with E-state index in [4.69, 9.17) is 0 Å². The standard InChI is InChI=1S/C19H29N5O3/c1-13-12-15(24(21-13)14-8-6-5-7-9-14)16(25)20-10-11-23-17(26)19(2,3)22(4)18(23)27/h12,14H,5-11H2,1-4H3,(H,20,25). The van der Waals surface area contributed by atoms with Crippen molar-refractivity contribution in [2.45, 2.75) is 64.5 Å². The topological polar surface area (TPSA) is 87.5 Å². The monoisotopic (exact) mass is 375 g/mol. The van der Waals surface area contributed by atoms with Crippen molar-refractivity contribution in [1.82, 2.24) is 24.9 Å². The molecule has 0 radical (unpaired) electrons. The highest BCUT2D eigenvalue weighted by atomic mass is 16.2. The van der Waals surface area contributed by atoms with Gasteiger partial charge in [0.25, 0.3) is 11.8 Å². The number of urea groups is 1. The Morgan fingerprint density at radius 2 is 1.93 bits per heavy atom. The highest BCUT2D eigenvalue weighted by Crippen LogP contribution is 2.29. The summed E-state index contributed by atoms with van der Waals surface area (Å²) in [6, 6.07) is 1.74. The van der Waals surface area contributed by atoms with Gasteiger partial charge >= 0.3 is 6.03 Å². The van der Waals surface area contributed by atoms with Crippen LogP contribution in [0, 0.1) is 6.92 Å². The maximum atomic E-state index is 12.7. The van der Waals surface area contributed by atoms with Crippen LogP contribution in [0.25, 0.3) is 0 Å². The summed E-state index contributed by atoms with van der Waals surface area (Å²) in [5.41, 5.74) is 0.521. The molecule has 0 spiro atoms. The summed E-state index contributed by atoms with van der Waals surface area (Å²) in [4.78, 5) is 39.9. The van der Waals surface area contributed by atoms with Gasteiger partial charge in [-0.25, -0.2) is 4.79 Å². The smallest absolute Gasteiger partial charge is 0.327 e. The Bertz CT molecular complexity index is 749. The highest BCUT2D eigenvalue weighted by Gasteiger charge is 2.48. The van der Waals surface area contributed by atoms with Crippen molar-refractivity contribution in [3.8, 4) is 0 Å². The fraction of sp³-hybridized carbons (Fsp3) is 0.684. The Labute approximate surface area is 159 Å². The summed E-state index contributed by atoms with van der Waals surface area (Å²) in [5.74, 6) is -0.458. The lowest BCUT2D eigenvalue weighted by molar-refractivity contribution is -0.131. The van der Waals surface area contributed by atoms with Crippen LogP contribution in [0.4, 0.5) is 4.79 Å². The number of aryl methyl sites for hydroxylation is 1. The number of hydrogen-bond acceptors (Lipinski definition) is 4. The number of imide groups is 1. The molecule has 2 fully saturated rings. The molecule has 4 amide bonds. The van der Waals surface area contributed by atoms with Gasteiger partial charge < -0.3 is 10.2 Å². The van der Waals surface area contributed by atoms with Crippen LogP contribution < -0.4 is 5.32 Å². The minimum Gasteiger partial charge on any atom is -0.349 e. The molecule has 1 saturated heterocycles. The zero-order chi connectivity index (χ0) is 19.8. The lowest BCUT2D eigenvalue weighted by Gasteiger charge is -2.23.